The Morgan fingerprint density at radius 1 is 1.06 bits per heavy atom. The highest BCUT2D eigenvalue weighted by molar-refractivity contribution is 5.90. The number of carbonyl (C=O) groups is 2. The Hall–Kier alpha value is -3.10. The van der Waals surface area contributed by atoms with Gasteiger partial charge in [0.1, 0.15) is 11.4 Å². The minimum Gasteiger partial charge on any atom is -0.465 e. The average Bonchev–Trinajstić information content (AvgIpc) is 2.95. The highest BCUT2D eigenvalue weighted by Crippen LogP contribution is 2.53. The van der Waals surface area contributed by atoms with Crippen LogP contribution in [-0.4, -0.2) is 27.7 Å². The lowest BCUT2D eigenvalue weighted by Gasteiger charge is -2.47. The molecule has 2 aromatic carbocycles. The predicted octanol–water partition coefficient (Wildman–Crippen LogP) is 6.04. The van der Waals surface area contributed by atoms with Crippen molar-refractivity contribution in [2.45, 2.75) is 45.0 Å². The van der Waals surface area contributed by atoms with E-state index in [1.165, 1.54) is 24.3 Å². The lowest BCUT2D eigenvalue weighted by Crippen LogP contribution is -2.60. The minimum atomic E-state index is -4.52. The molecule has 31 heavy (non-hydrogen) atoms. The van der Waals surface area contributed by atoms with Gasteiger partial charge in [-0.15, -0.1) is 0 Å². The molecular weight excluding hydrogens is 418 g/mol. The number of nitrogens with zero attached hydrogens (tertiary/aromatic N) is 1. The number of amides is 2. The van der Waals surface area contributed by atoms with Crippen molar-refractivity contribution in [3.63, 3.8) is 0 Å². The van der Waals surface area contributed by atoms with Crippen molar-refractivity contribution >= 4 is 12.2 Å². The molecule has 0 bridgehead atoms. The molecule has 2 unspecified atom stereocenters. The van der Waals surface area contributed by atoms with E-state index < -0.39 is 46.8 Å². The first-order chi connectivity index (χ1) is 14.3. The van der Waals surface area contributed by atoms with Gasteiger partial charge in [-0.2, -0.15) is 13.2 Å². The van der Waals surface area contributed by atoms with Crippen LogP contribution in [-0.2, 0) is 17.3 Å². The molecule has 1 saturated heterocycles. The fourth-order valence-electron chi connectivity index (χ4n) is 4.05. The van der Waals surface area contributed by atoms with Gasteiger partial charge in [0.05, 0.1) is 5.56 Å². The van der Waals surface area contributed by atoms with E-state index in [1.54, 1.807) is 20.8 Å². The Morgan fingerprint density at radius 2 is 1.61 bits per heavy atom. The quantitative estimate of drug-likeness (QED) is 0.592. The maximum absolute atomic E-state index is 13.5. The molecule has 1 aliphatic heterocycles. The standard InChI is InChI=1S/C22H21F4NO4/c1-20(2,3)21(12-13-4-8-15(9-5-13)22(24,25)26)17(14-6-10-16(23)11-7-14)31-19(30)27(21)18(28)29/h4-11,17H,12H2,1-3H3,(H,28,29). The first-order valence-electron chi connectivity index (χ1n) is 9.43. The highest BCUT2D eigenvalue weighted by atomic mass is 19.4. The second-order valence-electron chi connectivity index (χ2n) is 8.48. The topological polar surface area (TPSA) is 66.8 Å². The number of imide groups is 1. The predicted molar refractivity (Wildman–Crippen MR) is 103 cm³/mol. The molecule has 2 amide bonds. The van der Waals surface area contributed by atoms with Crippen molar-refractivity contribution < 1.29 is 37.0 Å². The third kappa shape index (κ3) is 3.96. The number of carbonyl (C=O) groups excluding carboxylic acids is 1. The molecule has 2 aromatic rings. The van der Waals surface area contributed by atoms with Crippen molar-refractivity contribution in [2.75, 3.05) is 0 Å². The molecule has 0 spiro atoms. The van der Waals surface area contributed by atoms with Crippen LogP contribution in [0.5, 0.6) is 0 Å². The number of hydrogen-bond acceptors (Lipinski definition) is 3. The van der Waals surface area contributed by atoms with Crippen molar-refractivity contribution in [1.29, 1.82) is 0 Å². The van der Waals surface area contributed by atoms with E-state index in [1.807, 2.05) is 0 Å². The fourth-order valence-corrected chi connectivity index (χ4v) is 4.05. The SMILES string of the molecule is CC(C)(C)C1(Cc2ccc(C(F)(F)F)cc2)C(c2ccc(F)cc2)OC(=O)N1C(=O)O. The summed E-state index contributed by atoms with van der Waals surface area (Å²) in [6, 6.07) is 9.43. The number of alkyl halides is 3. The third-order valence-corrected chi connectivity index (χ3v) is 5.65. The van der Waals surface area contributed by atoms with E-state index in [-0.39, 0.29) is 6.42 Å². The molecule has 1 fully saturated rings. The zero-order valence-corrected chi connectivity index (χ0v) is 17.0. The van der Waals surface area contributed by atoms with Gasteiger partial charge in [-0.1, -0.05) is 45.0 Å². The number of carboxylic acid groups (broad SMARTS) is 1. The van der Waals surface area contributed by atoms with Crippen molar-refractivity contribution in [2.24, 2.45) is 5.41 Å². The Bertz CT molecular complexity index is 981. The van der Waals surface area contributed by atoms with Crippen LogP contribution in [0.1, 0.15) is 43.6 Å². The number of halogens is 4. The molecule has 3 rings (SSSR count). The average molecular weight is 439 g/mol. The number of hydrogen-bond donors (Lipinski definition) is 1. The van der Waals surface area contributed by atoms with Crippen LogP contribution in [0.25, 0.3) is 0 Å². The summed E-state index contributed by atoms with van der Waals surface area (Å²) < 4.78 is 57.7. The van der Waals surface area contributed by atoms with Gasteiger partial charge in [-0.25, -0.2) is 18.9 Å². The summed E-state index contributed by atoms with van der Waals surface area (Å²) in [5.41, 5.74) is -2.49. The Labute approximate surface area is 176 Å². The van der Waals surface area contributed by atoms with Crippen LogP contribution < -0.4 is 0 Å². The van der Waals surface area contributed by atoms with Gasteiger partial charge >= 0.3 is 18.4 Å². The van der Waals surface area contributed by atoms with Gasteiger partial charge in [-0.3, -0.25) is 0 Å². The third-order valence-electron chi connectivity index (χ3n) is 5.65. The van der Waals surface area contributed by atoms with Crippen LogP contribution in [0.3, 0.4) is 0 Å². The van der Waals surface area contributed by atoms with Crippen molar-refractivity contribution in [3.05, 3.63) is 71.0 Å². The van der Waals surface area contributed by atoms with Crippen LogP contribution in [0.15, 0.2) is 48.5 Å². The van der Waals surface area contributed by atoms with E-state index in [0.29, 0.717) is 16.0 Å². The number of ether oxygens (including phenoxy) is 1. The van der Waals surface area contributed by atoms with Crippen molar-refractivity contribution in [3.8, 4) is 0 Å². The summed E-state index contributed by atoms with van der Waals surface area (Å²) in [6.07, 6.45) is -8.36. The largest absolute Gasteiger partial charge is 0.465 e. The molecule has 166 valence electrons. The Balaban J connectivity index is 2.17. The van der Waals surface area contributed by atoms with Crippen LogP contribution in [0.4, 0.5) is 27.2 Å². The molecule has 2 atom stereocenters. The van der Waals surface area contributed by atoms with Crippen LogP contribution in [0.2, 0.25) is 0 Å². The molecular formula is C22H21F4NO4. The molecule has 9 heteroatoms. The first kappa shape index (κ1) is 22.6. The smallest absolute Gasteiger partial charge is 0.420 e. The second kappa shape index (κ2) is 7.55. The zero-order valence-electron chi connectivity index (χ0n) is 17.0. The molecule has 5 nitrogen and oxygen atoms in total. The van der Waals surface area contributed by atoms with Crippen LogP contribution >= 0.6 is 0 Å². The summed E-state index contributed by atoms with van der Waals surface area (Å²) in [5, 5.41) is 9.84. The summed E-state index contributed by atoms with van der Waals surface area (Å²) >= 11 is 0. The van der Waals surface area contributed by atoms with E-state index in [2.05, 4.69) is 0 Å². The maximum atomic E-state index is 13.5. The summed E-state index contributed by atoms with van der Waals surface area (Å²) in [4.78, 5) is 25.3. The Morgan fingerprint density at radius 3 is 2.06 bits per heavy atom. The second-order valence-corrected chi connectivity index (χ2v) is 8.48. The van der Waals surface area contributed by atoms with Gasteiger partial charge in [0, 0.05) is 6.42 Å². The molecule has 1 aliphatic rings. The Kier molecular flexibility index (Phi) is 5.50. The van der Waals surface area contributed by atoms with Gasteiger partial charge < -0.3 is 9.84 Å². The number of cyclic esters (lactones) is 1. The van der Waals surface area contributed by atoms with Gasteiger partial charge in [0.25, 0.3) is 0 Å². The fraction of sp³-hybridized carbons (Fsp3) is 0.364. The summed E-state index contributed by atoms with van der Waals surface area (Å²) in [7, 11) is 0. The van der Waals surface area contributed by atoms with E-state index in [9.17, 15) is 32.3 Å². The molecule has 0 aliphatic carbocycles. The van der Waals surface area contributed by atoms with E-state index >= 15 is 0 Å². The van der Waals surface area contributed by atoms with Gasteiger partial charge in [-0.05, 0) is 40.8 Å². The highest BCUT2D eigenvalue weighted by Gasteiger charge is 2.64. The number of rotatable bonds is 3. The van der Waals surface area contributed by atoms with E-state index in [0.717, 1.165) is 24.3 Å². The monoisotopic (exact) mass is 439 g/mol. The minimum absolute atomic E-state index is 0.102. The summed E-state index contributed by atoms with van der Waals surface area (Å²) in [6.45, 7) is 5.14. The lowest BCUT2D eigenvalue weighted by atomic mass is 9.65. The molecule has 1 N–H and O–H groups in total. The van der Waals surface area contributed by atoms with Gasteiger partial charge in [0.2, 0.25) is 0 Å². The van der Waals surface area contributed by atoms with E-state index in [4.69, 9.17) is 4.74 Å². The summed E-state index contributed by atoms with van der Waals surface area (Å²) in [5.74, 6) is -0.521. The normalized spacial score (nSPS) is 21.8. The lowest BCUT2D eigenvalue weighted by molar-refractivity contribution is -0.137. The molecule has 1 heterocycles. The maximum Gasteiger partial charge on any atom is 0.420 e. The van der Waals surface area contributed by atoms with Crippen LogP contribution in [0, 0.1) is 11.2 Å². The van der Waals surface area contributed by atoms with Gasteiger partial charge in [0.15, 0.2) is 6.10 Å². The number of benzene rings is 2. The molecule has 0 radical (unpaired) electrons. The van der Waals surface area contributed by atoms with Crippen molar-refractivity contribution in [1.82, 2.24) is 4.90 Å². The molecule has 0 aromatic heterocycles. The first-order valence-corrected chi connectivity index (χ1v) is 9.43. The zero-order chi connectivity index (χ0) is 23.2. The molecule has 0 saturated carbocycles.